The highest BCUT2D eigenvalue weighted by atomic mass is 32.2. The van der Waals surface area contributed by atoms with Gasteiger partial charge in [0.2, 0.25) is 15.9 Å². The first-order valence-electron chi connectivity index (χ1n) is 8.42. The van der Waals surface area contributed by atoms with E-state index in [4.69, 9.17) is 5.14 Å². The van der Waals surface area contributed by atoms with Crippen molar-refractivity contribution in [2.24, 2.45) is 5.14 Å². The molecule has 1 aromatic heterocycles. The fourth-order valence-electron chi connectivity index (χ4n) is 2.50. The second kappa shape index (κ2) is 7.59. The lowest BCUT2D eigenvalue weighted by atomic mass is 9.86. The highest BCUT2D eigenvalue weighted by Crippen LogP contribution is 2.23. The summed E-state index contributed by atoms with van der Waals surface area (Å²) in [6.45, 7) is 8.67. The van der Waals surface area contributed by atoms with Crippen molar-refractivity contribution in [3.8, 4) is 0 Å². The van der Waals surface area contributed by atoms with Crippen LogP contribution in [0.25, 0.3) is 0 Å². The third-order valence-electron chi connectivity index (χ3n) is 4.16. The SMILES string of the molecule is CC(NC(=O)CCn1cc(S(N)(=O)=O)cn1)c1ccc(C(C)(C)C)cc1. The van der Waals surface area contributed by atoms with E-state index in [2.05, 4.69) is 43.3 Å². The molecule has 0 aliphatic rings. The van der Waals surface area contributed by atoms with Gasteiger partial charge in [0.1, 0.15) is 4.90 Å². The maximum Gasteiger partial charge on any atom is 0.241 e. The van der Waals surface area contributed by atoms with Crippen LogP contribution < -0.4 is 10.5 Å². The first-order chi connectivity index (χ1) is 12.0. The number of amides is 1. The number of carbonyl (C=O) groups excluding carboxylic acids is 1. The van der Waals surface area contributed by atoms with Crippen LogP contribution in [-0.4, -0.2) is 24.1 Å². The number of nitrogens with two attached hydrogens (primary N) is 1. The molecule has 0 saturated heterocycles. The molecule has 2 aromatic rings. The van der Waals surface area contributed by atoms with E-state index in [1.165, 1.54) is 22.6 Å². The highest BCUT2D eigenvalue weighted by molar-refractivity contribution is 7.89. The zero-order chi connectivity index (χ0) is 19.5. The van der Waals surface area contributed by atoms with Gasteiger partial charge in [-0.2, -0.15) is 5.10 Å². The molecule has 1 heterocycles. The summed E-state index contributed by atoms with van der Waals surface area (Å²) in [6, 6.07) is 8.09. The number of aryl methyl sites for hydroxylation is 1. The Morgan fingerprint density at radius 3 is 2.38 bits per heavy atom. The Balaban J connectivity index is 1.90. The van der Waals surface area contributed by atoms with Crippen molar-refractivity contribution < 1.29 is 13.2 Å². The van der Waals surface area contributed by atoms with E-state index < -0.39 is 10.0 Å². The van der Waals surface area contributed by atoms with Gasteiger partial charge in [-0.05, 0) is 23.5 Å². The van der Waals surface area contributed by atoms with E-state index in [0.29, 0.717) is 0 Å². The molecule has 2 rings (SSSR count). The van der Waals surface area contributed by atoms with Gasteiger partial charge in [-0.1, -0.05) is 45.0 Å². The van der Waals surface area contributed by atoms with Crippen LogP contribution in [0.2, 0.25) is 0 Å². The van der Waals surface area contributed by atoms with E-state index in [1.54, 1.807) is 0 Å². The first-order valence-corrected chi connectivity index (χ1v) is 9.96. The summed E-state index contributed by atoms with van der Waals surface area (Å²) in [6.07, 6.45) is 2.68. The third kappa shape index (κ3) is 5.40. The van der Waals surface area contributed by atoms with Crippen molar-refractivity contribution >= 4 is 15.9 Å². The molecule has 0 radical (unpaired) electrons. The monoisotopic (exact) mass is 378 g/mol. The van der Waals surface area contributed by atoms with E-state index in [9.17, 15) is 13.2 Å². The van der Waals surface area contributed by atoms with E-state index in [1.807, 2.05) is 19.1 Å². The van der Waals surface area contributed by atoms with Crippen LogP contribution in [0.1, 0.15) is 51.3 Å². The Labute approximate surface area is 154 Å². The molecular weight excluding hydrogens is 352 g/mol. The molecule has 8 heteroatoms. The number of nitrogens with zero attached hydrogens (tertiary/aromatic N) is 2. The number of benzene rings is 1. The molecule has 0 bridgehead atoms. The molecule has 0 aliphatic heterocycles. The number of aromatic nitrogens is 2. The topological polar surface area (TPSA) is 107 Å². The normalized spacial score (nSPS) is 13.4. The lowest BCUT2D eigenvalue weighted by Gasteiger charge is -2.20. The first kappa shape index (κ1) is 20.1. The minimum atomic E-state index is -3.77. The molecule has 142 valence electrons. The highest BCUT2D eigenvalue weighted by Gasteiger charge is 2.15. The Hall–Kier alpha value is -2.19. The number of hydrogen-bond donors (Lipinski definition) is 2. The van der Waals surface area contributed by atoms with Crippen molar-refractivity contribution in [2.45, 2.75) is 57.0 Å². The number of nitrogens with one attached hydrogen (secondary N) is 1. The summed E-state index contributed by atoms with van der Waals surface area (Å²) in [5.74, 6) is -0.134. The molecule has 0 spiro atoms. The summed E-state index contributed by atoms with van der Waals surface area (Å²) in [4.78, 5) is 12.1. The van der Waals surface area contributed by atoms with Crippen LogP contribution in [0.5, 0.6) is 0 Å². The summed E-state index contributed by atoms with van der Waals surface area (Å²) < 4.78 is 23.8. The van der Waals surface area contributed by atoms with Crippen molar-refractivity contribution in [3.05, 3.63) is 47.8 Å². The Kier molecular flexibility index (Phi) is 5.87. The molecule has 0 aliphatic carbocycles. The zero-order valence-electron chi connectivity index (χ0n) is 15.6. The standard InChI is InChI=1S/C18H26N4O3S/c1-13(14-5-7-15(8-6-14)18(2,3)4)21-17(23)9-10-22-12-16(11-20-22)26(19,24)25/h5-8,11-13H,9-10H2,1-4H3,(H,21,23)(H2,19,24,25). The summed E-state index contributed by atoms with van der Waals surface area (Å²) in [5.41, 5.74) is 2.36. The van der Waals surface area contributed by atoms with Gasteiger partial charge in [0.25, 0.3) is 0 Å². The molecule has 1 atom stereocenters. The summed E-state index contributed by atoms with van der Waals surface area (Å²) >= 11 is 0. The van der Waals surface area contributed by atoms with Crippen molar-refractivity contribution in [3.63, 3.8) is 0 Å². The molecule has 1 unspecified atom stereocenters. The molecule has 0 saturated carbocycles. The second-order valence-corrected chi connectivity index (χ2v) is 8.96. The quantitative estimate of drug-likeness (QED) is 0.802. The number of hydrogen-bond acceptors (Lipinski definition) is 4. The predicted molar refractivity (Wildman–Crippen MR) is 99.9 cm³/mol. The van der Waals surface area contributed by atoms with Crippen molar-refractivity contribution in [2.75, 3.05) is 0 Å². The lowest BCUT2D eigenvalue weighted by Crippen LogP contribution is -2.27. The number of carbonyl (C=O) groups is 1. The maximum atomic E-state index is 12.1. The van der Waals surface area contributed by atoms with Crippen LogP contribution >= 0.6 is 0 Å². The van der Waals surface area contributed by atoms with Gasteiger partial charge in [0, 0.05) is 19.2 Å². The van der Waals surface area contributed by atoms with Gasteiger partial charge >= 0.3 is 0 Å². The average Bonchev–Trinajstić information content (AvgIpc) is 3.01. The van der Waals surface area contributed by atoms with Crippen LogP contribution in [0.15, 0.2) is 41.6 Å². The minimum Gasteiger partial charge on any atom is -0.350 e. The summed E-state index contributed by atoms with van der Waals surface area (Å²) in [7, 11) is -3.77. The van der Waals surface area contributed by atoms with Crippen LogP contribution in [-0.2, 0) is 26.8 Å². The van der Waals surface area contributed by atoms with Crippen LogP contribution in [0.4, 0.5) is 0 Å². The fraction of sp³-hybridized carbons (Fsp3) is 0.444. The summed E-state index contributed by atoms with van der Waals surface area (Å²) in [5, 5.41) is 11.9. The van der Waals surface area contributed by atoms with Gasteiger partial charge < -0.3 is 5.32 Å². The number of primary sulfonamides is 1. The van der Waals surface area contributed by atoms with Crippen LogP contribution in [0.3, 0.4) is 0 Å². The number of sulfonamides is 1. The molecule has 26 heavy (non-hydrogen) atoms. The largest absolute Gasteiger partial charge is 0.350 e. The zero-order valence-corrected chi connectivity index (χ0v) is 16.4. The van der Waals surface area contributed by atoms with Gasteiger partial charge in [-0.3, -0.25) is 9.48 Å². The molecule has 0 fully saturated rings. The molecule has 1 amide bonds. The Morgan fingerprint density at radius 2 is 1.88 bits per heavy atom. The van der Waals surface area contributed by atoms with Gasteiger partial charge in [0.05, 0.1) is 12.2 Å². The molecular formula is C18H26N4O3S. The van der Waals surface area contributed by atoms with Gasteiger partial charge in [-0.25, -0.2) is 13.6 Å². The molecule has 1 aromatic carbocycles. The molecule has 3 N–H and O–H groups in total. The minimum absolute atomic E-state index is 0.0646. The smallest absolute Gasteiger partial charge is 0.241 e. The maximum absolute atomic E-state index is 12.1. The average molecular weight is 378 g/mol. The van der Waals surface area contributed by atoms with Gasteiger partial charge in [0.15, 0.2) is 0 Å². The molecule has 7 nitrogen and oxygen atoms in total. The van der Waals surface area contributed by atoms with E-state index in [-0.39, 0.29) is 35.2 Å². The van der Waals surface area contributed by atoms with E-state index >= 15 is 0 Å². The van der Waals surface area contributed by atoms with Crippen LogP contribution in [0, 0.1) is 0 Å². The Morgan fingerprint density at radius 1 is 1.27 bits per heavy atom. The predicted octanol–water partition coefficient (Wildman–Crippen LogP) is 2.10. The van der Waals surface area contributed by atoms with Crippen molar-refractivity contribution in [1.82, 2.24) is 15.1 Å². The van der Waals surface area contributed by atoms with E-state index in [0.717, 1.165) is 5.56 Å². The second-order valence-electron chi connectivity index (χ2n) is 7.40. The van der Waals surface area contributed by atoms with Gasteiger partial charge in [-0.15, -0.1) is 0 Å². The Bertz CT molecular complexity index is 865. The lowest BCUT2D eigenvalue weighted by molar-refractivity contribution is -0.122. The number of rotatable bonds is 6. The third-order valence-corrected chi connectivity index (χ3v) is 5.03. The fourth-order valence-corrected chi connectivity index (χ4v) is 2.96. The van der Waals surface area contributed by atoms with Crippen molar-refractivity contribution in [1.29, 1.82) is 0 Å².